The van der Waals surface area contributed by atoms with Gasteiger partial charge in [0.05, 0.1) is 11.6 Å². The summed E-state index contributed by atoms with van der Waals surface area (Å²) in [7, 11) is 0. The summed E-state index contributed by atoms with van der Waals surface area (Å²) >= 11 is 0. The lowest BCUT2D eigenvalue weighted by Crippen LogP contribution is -2.48. The average Bonchev–Trinajstić information content (AvgIpc) is 3.22. The largest absolute Gasteiger partial charge is 0.460 e. The van der Waals surface area contributed by atoms with Crippen molar-refractivity contribution in [1.29, 1.82) is 0 Å². The highest BCUT2D eigenvalue weighted by molar-refractivity contribution is 5.93. The first kappa shape index (κ1) is 17.0. The second-order valence-electron chi connectivity index (χ2n) is 7.96. The molecule has 3 rings (SSSR count). The summed E-state index contributed by atoms with van der Waals surface area (Å²) in [6, 6.07) is 0.0772. The van der Waals surface area contributed by atoms with Crippen LogP contribution >= 0.6 is 0 Å². The van der Waals surface area contributed by atoms with Gasteiger partial charge in [0.2, 0.25) is 5.76 Å². The van der Waals surface area contributed by atoms with Crippen LogP contribution in [0.15, 0.2) is 10.8 Å². The van der Waals surface area contributed by atoms with Crippen LogP contribution in [0, 0.1) is 5.92 Å². The minimum atomic E-state index is -0.515. The minimum absolute atomic E-state index is 0.0772. The van der Waals surface area contributed by atoms with Gasteiger partial charge >= 0.3 is 5.97 Å². The highest BCUT2D eigenvalue weighted by atomic mass is 16.6. The van der Waals surface area contributed by atoms with E-state index in [0.717, 1.165) is 31.4 Å². The van der Waals surface area contributed by atoms with E-state index < -0.39 is 5.60 Å². The molecule has 2 fully saturated rings. The Morgan fingerprint density at radius 3 is 2.58 bits per heavy atom. The lowest BCUT2D eigenvalue weighted by atomic mass is 9.93. The van der Waals surface area contributed by atoms with E-state index in [-0.39, 0.29) is 23.8 Å². The minimum Gasteiger partial charge on any atom is -0.460 e. The molecule has 0 aromatic carbocycles. The van der Waals surface area contributed by atoms with Crippen LogP contribution in [-0.2, 0) is 9.53 Å². The lowest BCUT2D eigenvalue weighted by molar-refractivity contribution is -0.161. The molecule has 2 heterocycles. The van der Waals surface area contributed by atoms with Crippen molar-refractivity contribution in [3.05, 3.63) is 17.8 Å². The van der Waals surface area contributed by atoms with Gasteiger partial charge in [0, 0.05) is 18.5 Å². The normalized spacial score (nSPS) is 24.8. The van der Waals surface area contributed by atoms with Crippen molar-refractivity contribution < 1.29 is 18.7 Å². The summed E-state index contributed by atoms with van der Waals surface area (Å²) in [4.78, 5) is 31.2. The Bertz CT molecular complexity index is 627. The van der Waals surface area contributed by atoms with Gasteiger partial charge in [-0.1, -0.05) is 0 Å². The number of esters is 1. The van der Waals surface area contributed by atoms with E-state index in [9.17, 15) is 9.59 Å². The van der Waals surface area contributed by atoms with E-state index in [1.54, 1.807) is 4.90 Å². The highest BCUT2D eigenvalue weighted by Gasteiger charge is 2.39. The van der Waals surface area contributed by atoms with Gasteiger partial charge in [-0.05, 0) is 53.4 Å². The Labute approximate surface area is 142 Å². The quantitative estimate of drug-likeness (QED) is 0.794. The third kappa shape index (κ3) is 3.62. The van der Waals surface area contributed by atoms with Gasteiger partial charge in [-0.3, -0.25) is 9.59 Å². The molecule has 1 saturated heterocycles. The van der Waals surface area contributed by atoms with Crippen LogP contribution in [0.2, 0.25) is 0 Å². The molecular formula is C18H26N2O4. The zero-order valence-corrected chi connectivity index (χ0v) is 14.9. The van der Waals surface area contributed by atoms with Crippen molar-refractivity contribution in [2.24, 2.45) is 5.92 Å². The second kappa shape index (κ2) is 6.22. The number of ether oxygens (including phenoxy) is 1. The second-order valence-corrected chi connectivity index (χ2v) is 7.96. The van der Waals surface area contributed by atoms with Crippen molar-refractivity contribution in [3.8, 4) is 0 Å². The number of oxazole rings is 1. The van der Waals surface area contributed by atoms with Gasteiger partial charge in [-0.25, -0.2) is 4.98 Å². The van der Waals surface area contributed by atoms with Crippen molar-refractivity contribution >= 4 is 11.9 Å². The van der Waals surface area contributed by atoms with Crippen LogP contribution in [0.5, 0.6) is 0 Å². The summed E-state index contributed by atoms with van der Waals surface area (Å²) in [5.74, 6) is 0.0256. The van der Waals surface area contributed by atoms with E-state index in [1.165, 1.54) is 6.39 Å². The average molecular weight is 334 g/mol. The molecule has 6 heteroatoms. The van der Waals surface area contributed by atoms with Crippen molar-refractivity contribution in [1.82, 2.24) is 9.88 Å². The van der Waals surface area contributed by atoms with Gasteiger partial charge in [0.15, 0.2) is 6.39 Å². The molecule has 1 aliphatic carbocycles. The molecule has 6 nitrogen and oxygen atoms in total. The SMILES string of the molecule is CC1CCC(C(=O)OC(C)(C)C)CN1C(=O)c1ocnc1C1CC1. The Hall–Kier alpha value is -1.85. The van der Waals surface area contributed by atoms with Crippen LogP contribution in [-0.4, -0.2) is 39.9 Å². The van der Waals surface area contributed by atoms with Crippen molar-refractivity contribution in [2.45, 2.75) is 70.9 Å². The molecule has 1 amide bonds. The van der Waals surface area contributed by atoms with Gasteiger partial charge in [0.25, 0.3) is 5.91 Å². The summed E-state index contributed by atoms with van der Waals surface area (Å²) in [5, 5.41) is 0. The highest BCUT2D eigenvalue weighted by Crippen LogP contribution is 2.41. The molecule has 2 unspecified atom stereocenters. The number of hydrogen-bond acceptors (Lipinski definition) is 5. The van der Waals surface area contributed by atoms with Crippen molar-refractivity contribution in [3.63, 3.8) is 0 Å². The van der Waals surface area contributed by atoms with E-state index in [1.807, 2.05) is 27.7 Å². The molecule has 0 N–H and O–H groups in total. The summed E-state index contributed by atoms with van der Waals surface area (Å²) in [6.07, 6.45) is 4.99. The van der Waals surface area contributed by atoms with Crippen LogP contribution < -0.4 is 0 Å². The lowest BCUT2D eigenvalue weighted by Gasteiger charge is -2.37. The maximum atomic E-state index is 12.9. The Balaban J connectivity index is 1.72. The molecule has 1 aliphatic heterocycles. The number of hydrogen-bond donors (Lipinski definition) is 0. The number of carbonyl (C=O) groups is 2. The number of aromatic nitrogens is 1. The molecule has 1 saturated carbocycles. The fourth-order valence-electron chi connectivity index (χ4n) is 3.16. The molecule has 132 valence electrons. The molecule has 0 spiro atoms. The standard InChI is InChI=1S/C18H26N2O4/c1-11-5-6-13(17(22)24-18(2,3)4)9-20(11)16(21)15-14(12-7-8-12)19-10-23-15/h10-13H,5-9H2,1-4H3. The maximum absolute atomic E-state index is 12.9. The van der Waals surface area contributed by atoms with E-state index in [0.29, 0.717) is 18.2 Å². The van der Waals surface area contributed by atoms with E-state index >= 15 is 0 Å². The molecule has 1 aromatic rings. The maximum Gasteiger partial charge on any atom is 0.311 e. The molecule has 2 atom stereocenters. The summed E-state index contributed by atoms with van der Waals surface area (Å²) < 4.78 is 10.9. The van der Waals surface area contributed by atoms with Gasteiger partial charge in [-0.2, -0.15) is 0 Å². The zero-order chi connectivity index (χ0) is 17.5. The number of piperidine rings is 1. The third-order valence-electron chi connectivity index (χ3n) is 4.64. The van der Waals surface area contributed by atoms with Gasteiger partial charge < -0.3 is 14.1 Å². The molecule has 2 aliphatic rings. The van der Waals surface area contributed by atoms with Gasteiger partial charge in [0.1, 0.15) is 5.60 Å². The first-order chi connectivity index (χ1) is 11.3. The fourth-order valence-corrected chi connectivity index (χ4v) is 3.16. The number of rotatable bonds is 3. The first-order valence-electron chi connectivity index (χ1n) is 8.73. The van der Waals surface area contributed by atoms with Crippen molar-refractivity contribution in [2.75, 3.05) is 6.54 Å². The molecule has 0 bridgehead atoms. The topological polar surface area (TPSA) is 72.6 Å². The monoisotopic (exact) mass is 334 g/mol. The van der Waals surface area contributed by atoms with Crippen LogP contribution in [0.4, 0.5) is 0 Å². The predicted octanol–water partition coefficient (Wildman–Crippen LogP) is 3.13. The summed E-state index contributed by atoms with van der Waals surface area (Å²) in [5.41, 5.74) is 0.255. The van der Waals surface area contributed by atoms with Crippen LogP contribution in [0.1, 0.15) is 75.5 Å². The fraction of sp³-hybridized carbons (Fsp3) is 0.722. The Kier molecular flexibility index (Phi) is 4.40. The molecule has 24 heavy (non-hydrogen) atoms. The Morgan fingerprint density at radius 1 is 1.25 bits per heavy atom. The molecular weight excluding hydrogens is 308 g/mol. The molecule has 1 aromatic heterocycles. The van der Waals surface area contributed by atoms with E-state index in [2.05, 4.69) is 4.98 Å². The van der Waals surface area contributed by atoms with Gasteiger partial charge in [-0.15, -0.1) is 0 Å². The molecule has 0 radical (unpaired) electrons. The Morgan fingerprint density at radius 2 is 1.96 bits per heavy atom. The summed E-state index contributed by atoms with van der Waals surface area (Å²) in [6.45, 7) is 7.96. The van der Waals surface area contributed by atoms with Crippen LogP contribution in [0.25, 0.3) is 0 Å². The predicted molar refractivity (Wildman–Crippen MR) is 87.5 cm³/mol. The smallest absolute Gasteiger partial charge is 0.311 e. The number of nitrogens with zero attached hydrogens (tertiary/aromatic N) is 2. The number of carbonyl (C=O) groups excluding carboxylic acids is 2. The zero-order valence-electron chi connectivity index (χ0n) is 14.9. The first-order valence-corrected chi connectivity index (χ1v) is 8.73. The number of amides is 1. The number of likely N-dealkylation sites (tertiary alicyclic amines) is 1. The van der Waals surface area contributed by atoms with E-state index in [4.69, 9.17) is 9.15 Å². The van der Waals surface area contributed by atoms with Crippen LogP contribution in [0.3, 0.4) is 0 Å². The third-order valence-corrected chi connectivity index (χ3v) is 4.64.